The van der Waals surface area contributed by atoms with Gasteiger partial charge in [-0.2, -0.15) is 0 Å². The first-order chi connectivity index (χ1) is 9.60. The standard InChI is InChI=1S/C15H13BrClNO2/c1-10-2-4-11(5-3-10)9-20-15-13(16)6-12(8-18-19)7-14(15)17/h2-8,19H,9H2,1H3/b18-8+. The average molecular weight is 355 g/mol. The topological polar surface area (TPSA) is 41.8 Å². The zero-order valence-corrected chi connectivity index (χ0v) is 13.1. The van der Waals surface area contributed by atoms with E-state index in [4.69, 9.17) is 21.5 Å². The van der Waals surface area contributed by atoms with Crippen molar-refractivity contribution < 1.29 is 9.94 Å². The molecule has 0 aliphatic rings. The van der Waals surface area contributed by atoms with E-state index in [-0.39, 0.29) is 0 Å². The summed E-state index contributed by atoms with van der Waals surface area (Å²) >= 11 is 9.56. The van der Waals surface area contributed by atoms with Gasteiger partial charge in [0.1, 0.15) is 6.61 Å². The molecule has 0 atom stereocenters. The van der Waals surface area contributed by atoms with Gasteiger partial charge in [0.2, 0.25) is 0 Å². The lowest BCUT2D eigenvalue weighted by Crippen LogP contribution is -1.97. The van der Waals surface area contributed by atoms with Crippen LogP contribution in [-0.4, -0.2) is 11.4 Å². The largest absolute Gasteiger partial charge is 0.486 e. The van der Waals surface area contributed by atoms with Crippen molar-refractivity contribution in [1.29, 1.82) is 0 Å². The number of aryl methyl sites for hydroxylation is 1. The summed E-state index contributed by atoms with van der Waals surface area (Å²) in [4.78, 5) is 0. The highest BCUT2D eigenvalue weighted by Gasteiger charge is 2.09. The molecule has 2 rings (SSSR count). The number of halogens is 2. The Morgan fingerprint density at radius 2 is 2.00 bits per heavy atom. The molecule has 1 N–H and O–H groups in total. The maximum Gasteiger partial charge on any atom is 0.152 e. The Bertz CT molecular complexity index is 603. The minimum Gasteiger partial charge on any atom is -0.486 e. The van der Waals surface area contributed by atoms with Crippen LogP contribution in [0.5, 0.6) is 5.75 Å². The summed E-state index contributed by atoms with van der Waals surface area (Å²) in [5.41, 5.74) is 2.97. The maximum absolute atomic E-state index is 8.53. The van der Waals surface area contributed by atoms with E-state index in [0.29, 0.717) is 27.4 Å². The van der Waals surface area contributed by atoms with E-state index in [1.54, 1.807) is 12.1 Å². The van der Waals surface area contributed by atoms with Crippen LogP contribution in [0.1, 0.15) is 16.7 Å². The van der Waals surface area contributed by atoms with Crippen molar-refractivity contribution in [2.24, 2.45) is 5.16 Å². The third-order valence-corrected chi connectivity index (χ3v) is 3.60. The molecule has 5 heteroatoms. The Labute approximate surface area is 131 Å². The van der Waals surface area contributed by atoms with Crippen molar-refractivity contribution in [3.05, 3.63) is 62.6 Å². The van der Waals surface area contributed by atoms with Crippen LogP contribution < -0.4 is 4.74 Å². The van der Waals surface area contributed by atoms with Gasteiger partial charge < -0.3 is 9.94 Å². The second kappa shape index (κ2) is 6.77. The summed E-state index contributed by atoms with van der Waals surface area (Å²) in [6.07, 6.45) is 1.31. The third kappa shape index (κ3) is 3.74. The van der Waals surface area contributed by atoms with Crippen molar-refractivity contribution in [1.82, 2.24) is 0 Å². The molecular formula is C15H13BrClNO2. The van der Waals surface area contributed by atoms with E-state index in [0.717, 1.165) is 5.56 Å². The van der Waals surface area contributed by atoms with Gasteiger partial charge in [-0.1, -0.05) is 46.6 Å². The van der Waals surface area contributed by atoms with Crippen molar-refractivity contribution in [2.45, 2.75) is 13.5 Å². The van der Waals surface area contributed by atoms with Crippen LogP contribution in [0.3, 0.4) is 0 Å². The predicted octanol–water partition coefficient (Wildman–Crippen LogP) is 4.80. The predicted molar refractivity (Wildman–Crippen MR) is 84.0 cm³/mol. The second-order valence-corrected chi connectivity index (χ2v) is 5.59. The fourth-order valence-corrected chi connectivity index (χ4v) is 2.69. The monoisotopic (exact) mass is 353 g/mol. The smallest absolute Gasteiger partial charge is 0.152 e. The summed E-state index contributed by atoms with van der Waals surface area (Å²) in [6, 6.07) is 11.6. The minimum atomic E-state index is 0.437. The lowest BCUT2D eigenvalue weighted by atomic mass is 10.2. The first-order valence-corrected chi connectivity index (χ1v) is 7.12. The molecule has 0 unspecified atom stereocenters. The van der Waals surface area contributed by atoms with Crippen LogP contribution in [0.4, 0.5) is 0 Å². The van der Waals surface area contributed by atoms with Crippen molar-refractivity contribution in [3.8, 4) is 5.75 Å². The zero-order valence-electron chi connectivity index (χ0n) is 10.8. The number of oxime groups is 1. The average Bonchev–Trinajstić information content (AvgIpc) is 2.40. The van der Waals surface area contributed by atoms with Gasteiger partial charge in [0, 0.05) is 0 Å². The van der Waals surface area contributed by atoms with Crippen LogP contribution in [0, 0.1) is 6.92 Å². The van der Waals surface area contributed by atoms with Gasteiger partial charge in [0.15, 0.2) is 5.75 Å². The molecule has 0 fully saturated rings. The van der Waals surface area contributed by atoms with Gasteiger partial charge >= 0.3 is 0 Å². The molecular weight excluding hydrogens is 342 g/mol. The second-order valence-electron chi connectivity index (χ2n) is 4.33. The van der Waals surface area contributed by atoms with Crippen LogP contribution in [0.2, 0.25) is 5.02 Å². The Hall–Kier alpha value is -1.52. The Morgan fingerprint density at radius 3 is 2.60 bits per heavy atom. The molecule has 2 aromatic rings. The van der Waals surface area contributed by atoms with Gasteiger partial charge in [0.05, 0.1) is 15.7 Å². The van der Waals surface area contributed by atoms with Crippen molar-refractivity contribution >= 4 is 33.7 Å². The van der Waals surface area contributed by atoms with Gasteiger partial charge in [-0.05, 0) is 46.1 Å². The van der Waals surface area contributed by atoms with E-state index < -0.39 is 0 Å². The number of hydrogen-bond acceptors (Lipinski definition) is 3. The van der Waals surface area contributed by atoms with Crippen LogP contribution in [0.25, 0.3) is 0 Å². The first-order valence-electron chi connectivity index (χ1n) is 5.95. The molecule has 3 nitrogen and oxygen atoms in total. The molecule has 0 aromatic heterocycles. The lowest BCUT2D eigenvalue weighted by Gasteiger charge is -2.11. The van der Waals surface area contributed by atoms with E-state index in [2.05, 4.69) is 21.1 Å². The molecule has 0 spiro atoms. The SMILES string of the molecule is Cc1ccc(COc2c(Cl)cc(/C=N/O)cc2Br)cc1. The van der Waals surface area contributed by atoms with Crippen LogP contribution >= 0.6 is 27.5 Å². The van der Waals surface area contributed by atoms with E-state index in [1.165, 1.54) is 11.8 Å². The van der Waals surface area contributed by atoms with E-state index in [1.807, 2.05) is 31.2 Å². The normalized spacial score (nSPS) is 10.9. The Balaban J connectivity index is 2.15. The number of nitrogens with zero attached hydrogens (tertiary/aromatic N) is 1. The van der Waals surface area contributed by atoms with E-state index >= 15 is 0 Å². The number of benzene rings is 2. The molecule has 0 aliphatic heterocycles. The highest BCUT2D eigenvalue weighted by atomic mass is 79.9. The zero-order chi connectivity index (χ0) is 14.5. The maximum atomic E-state index is 8.53. The van der Waals surface area contributed by atoms with Crippen molar-refractivity contribution in [2.75, 3.05) is 0 Å². The highest BCUT2D eigenvalue weighted by molar-refractivity contribution is 9.10. The molecule has 0 amide bonds. The molecule has 0 saturated heterocycles. The first kappa shape index (κ1) is 14.9. The molecule has 0 heterocycles. The molecule has 2 aromatic carbocycles. The summed E-state index contributed by atoms with van der Waals surface area (Å²) in [6.45, 7) is 2.48. The van der Waals surface area contributed by atoms with Crippen LogP contribution in [0.15, 0.2) is 46.0 Å². The van der Waals surface area contributed by atoms with Gasteiger partial charge in [-0.3, -0.25) is 0 Å². The molecule has 104 valence electrons. The van der Waals surface area contributed by atoms with Gasteiger partial charge in [-0.25, -0.2) is 0 Å². The number of ether oxygens (including phenoxy) is 1. The minimum absolute atomic E-state index is 0.437. The van der Waals surface area contributed by atoms with Gasteiger partial charge in [0.25, 0.3) is 0 Å². The van der Waals surface area contributed by atoms with E-state index in [9.17, 15) is 0 Å². The molecule has 0 saturated carbocycles. The number of rotatable bonds is 4. The molecule has 20 heavy (non-hydrogen) atoms. The Kier molecular flexibility index (Phi) is 5.04. The highest BCUT2D eigenvalue weighted by Crippen LogP contribution is 2.34. The van der Waals surface area contributed by atoms with Crippen molar-refractivity contribution in [3.63, 3.8) is 0 Å². The fourth-order valence-electron chi connectivity index (χ4n) is 1.70. The summed E-state index contributed by atoms with van der Waals surface area (Å²) in [7, 11) is 0. The molecule has 0 aliphatic carbocycles. The lowest BCUT2D eigenvalue weighted by molar-refractivity contribution is 0.304. The Morgan fingerprint density at radius 1 is 1.30 bits per heavy atom. The van der Waals surface area contributed by atoms with Crippen LogP contribution in [-0.2, 0) is 6.61 Å². The summed E-state index contributed by atoms with van der Waals surface area (Å²) in [5.74, 6) is 0.572. The molecule has 0 radical (unpaired) electrons. The van der Waals surface area contributed by atoms with Gasteiger partial charge in [-0.15, -0.1) is 0 Å². The molecule has 0 bridgehead atoms. The number of hydrogen-bond donors (Lipinski definition) is 1. The summed E-state index contributed by atoms with van der Waals surface area (Å²) in [5, 5.41) is 12.0. The third-order valence-electron chi connectivity index (χ3n) is 2.73. The summed E-state index contributed by atoms with van der Waals surface area (Å²) < 4.78 is 6.46. The quantitative estimate of drug-likeness (QED) is 0.487. The fraction of sp³-hybridized carbons (Fsp3) is 0.133.